The van der Waals surface area contributed by atoms with Gasteiger partial charge in [-0.15, -0.1) is 0 Å². The first kappa shape index (κ1) is 12.5. The predicted octanol–water partition coefficient (Wildman–Crippen LogP) is 2.18. The van der Waals surface area contributed by atoms with Crippen molar-refractivity contribution in [1.29, 1.82) is 0 Å². The second-order valence-electron chi connectivity index (χ2n) is 4.40. The van der Waals surface area contributed by atoms with E-state index in [4.69, 9.17) is 11.6 Å². The van der Waals surface area contributed by atoms with Crippen LogP contribution in [-0.2, 0) is 6.42 Å². The van der Waals surface area contributed by atoms with Crippen LogP contribution in [0.4, 0.5) is 0 Å². The Hall–Kier alpha value is -0.570. The molecule has 1 rings (SSSR count). The molecule has 0 aliphatic heterocycles. The predicted molar refractivity (Wildman–Crippen MR) is 62.2 cm³/mol. The molecule has 0 heterocycles. The van der Waals surface area contributed by atoms with Gasteiger partial charge in [0, 0.05) is 10.4 Å². The SMILES string of the molecule is Cc1ccc(CC(C)(CO)CO)c(Cl)c1. The monoisotopic (exact) mass is 228 g/mol. The fourth-order valence-corrected chi connectivity index (χ4v) is 1.72. The number of aliphatic hydroxyl groups excluding tert-OH is 2. The summed E-state index contributed by atoms with van der Waals surface area (Å²) < 4.78 is 0. The molecule has 15 heavy (non-hydrogen) atoms. The first-order valence-corrected chi connectivity index (χ1v) is 5.35. The Morgan fingerprint density at radius 1 is 1.27 bits per heavy atom. The highest BCUT2D eigenvalue weighted by Crippen LogP contribution is 2.26. The maximum atomic E-state index is 9.19. The molecule has 0 aliphatic rings. The summed E-state index contributed by atoms with van der Waals surface area (Å²) >= 11 is 6.09. The summed E-state index contributed by atoms with van der Waals surface area (Å²) in [5.41, 5.74) is 1.57. The Morgan fingerprint density at radius 2 is 1.87 bits per heavy atom. The number of halogens is 1. The molecule has 84 valence electrons. The van der Waals surface area contributed by atoms with Crippen LogP contribution in [0, 0.1) is 12.3 Å². The number of rotatable bonds is 4. The van der Waals surface area contributed by atoms with Crippen LogP contribution in [0.1, 0.15) is 18.1 Å². The van der Waals surface area contributed by atoms with Gasteiger partial charge in [0.25, 0.3) is 0 Å². The van der Waals surface area contributed by atoms with Crippen LogP contribution in [0.15, 0.2) is 18.2 Å². The molecule has 3 heteroatoms. The van der Waals surface area contributed by atoms with Gasteiger partial charge in [0.15, 0.2) is 0 Å². The van der Waals surface area contributed by atoms with Crippen LogP contribution in [-0.4, -0.2) is 23.4 Å². The Bertz CT molecular complexity index is 332. The molecule has 1 aromatic rings. The molecule has 0 radical (unpaired) electrons. The van der Waals surface area contributed by atoms with Crippen LogP contribution in [0.2, 0.25) is 5.02 Å². The Labute approximate surface area is 95.5 Å². The minimum Gasteiger partial charge on any atom is -0.396 e. The van der Waals surface area contributed by atoms with Gasteiger partial charge in [0.1, 0.15) is 0 Å². The summed E-state index contributed by atoms with van der Waals surface area (Å²) in [5.74, 6) is 0. The molecule has 0 saturated carbocycles. The zero-order valence-corrected chi connectivity index (χ0v) is 9.88. The van der Waals surface area contributed by atoms with Crippen LogP contribution in [0.3, 0.4) is 0 Å². The van der Waals surface area contributed by atoms with Gasteiger partial charge >= 0.3 is 0 Å². The lowest BCUT2D eigenvalue weighted by molar-refractivity contribution is 0.0704. The van der Waals surface area contributed by atoms with E-state index >= 15 is 0 Å². The molecule has 0 saturated heterocycles. The smallest absolute Gasteiger partial charge is 0.0509 e. The molecule has 2 N–H and O–H groups in total. The van der Waals surface area contributed by atoms with E-state index in [2.05, 4.69) is 0 Å². The fourth-order valence-electron chi connectivity index (χ4n) is 1.42. The van der Waals surface area contributed by atoms with Gasteiger partial charge in [-0.25, -0.2) is 0 Å². The first-order chi connectivity index (χ1) is 7.00. The average molecular weight is 229 g/mol. The molecule has 0 bridgehead atoms. The third-order valence-corrected chi connectivity index (χ3v) is 2.94. The maximum absolute atomic E-state index is 9.19. The lowest BCUT2D eigenvalue weighted by Crippen LogP contribution is -2.28. The molecule has 2 nitrogen and oxygen atoms in total. The summed E-state index contributed by atoms with van der Waals surface area (Å²) in [6.45, 7) is 3.72. The van der Waals surface area contributed by atoms with E-state index in [-0.39, 0.29) is 13.2 Å². The van der Waals surface area contributed by atoms with Crippen LogP contribution in [0.5, 0.6) is 0 Å². The van der Waals surface area contributed by atoms with Crippen LogP contribution >= 0.6 is 11.6 Å². The van der Waals surface area contributed by atoms with Crippen molar-refractivity contribution in [2.75, 3.05) is 13.2 Å². The zero-order valence-electron chi connectivity index (χ0n) is 9.13. The molecule has 0 unspecified atom stereocenters. The summed E-state index contributed by atoms with van der Waals surface area (Å²) in [7, 11) is 0. The van der Waals surface area contributed by atoms with Crippen molar-refractivity contribution in [2.45, 2.75) is 20.3 Å². The van der Waals surface area contributed by atoms with E-state index in [1.165, 1.54) is 0 Å². The number of hydrogen-bond acceptors (Lipinski definition) is 2. The average Bonchev–Trinajstić information content (AvgIpc) is 2.22. The van der Waals surface area contributed by atoms with Gasteiger partial charge in [0.2, 0.25) is 0 Å². The molecule has 0 aromatic heterocycles. The van der Waals surface area contributed by atoms with E-state index in [9.17, 15) is 10.2 Å². The largest absolute Gasteiger partial charge is 0.396 e. The number of aryl methyl sites for hydroxylation is 1. The number of aliphatic hydroxyl groups is 2. The van der Waals surface area contributed by atoms with Gasteiger partial charge in [-0.2, -0.15) is 0 Å². The van der Waals surface area contributed by atoms with Crippen molar-refractivity contribution < 1.29 is 10.2 Å². The quantitative estimate of drug-likeness (QED) is 0.830. The van der Waals surface area contributed by atoms with Crippen LogP contribution < -0.4 is 0 Å². The number of benzene rings is 1. The summed E-state index contributed by atoms with van der Waals surface area (Å²) in [5, 5.41) is 19.1. The minimum atomic E-state index is -0.501. The Balaban J connectivity index is 2.89. The van der Waals surface area contributed by atoms with Crippen molar-refractivity contribution in [3.63, 3.8) is 0 Å². The van der Waals surface area contributed by atoms with Gasteiger partial charge in [-0.05, 0) is 30.5 Å². The molecular weight excluding hydrogens is 212 g/mol. The lowest BCUT2D eigenvalue weighted by atomic mass is 9.85. The molecule has 0 spiro atoms. The van der Waals surface area contributed by atoms with Crippen molar-refractivity contribution in [3.05, 3.63) is 34.3 Å². The zero-order chi connectivity index (χ0) is 11.5. The van der Waals surface area contributed by atoms with E-state index < -0.39 is 5.41 Å². The van der Waals surface area contributed by atoms with E-state index in [0.29, 0.717) is 11.4 Å². The molecule has 0 amide bonds. The summed E-state index contributed by atoms with van der Waals surface area (Å²) in [6, 6.07) is 5.82. The molecule has 0 fully saturated rings. The second-order valence-corrected chi connectivity index (χ2v) is 4.81. The van der Waals surface area contributed by atoms with Crippen molar-refractivity contribution in [1.82, 2.24) is 0 Å². The minimum absolute atomic E-state index is 0.0479. The second kappa shape index (κ2) is 4.97. The van der Waals surface area contributed by atoms with Crippen LogP contribution in [0.25, 0.3) is 0 Å². The lowest BCUT2D eigenvalue weighted by Gasteiger charge is -2.25. The van der Waals surface area contributed by atoms with Crippen molar-refractivity contribution >= 4 is 11.6 Å². The molecular formula is C12H17ClO2. The third-order valence-electron chi connectivity index (χ3n) is 2.59. The topological polar surface area (TPSA) is 40.5 Å². The normalized spacial score (nSPS) is 11.8. The van der Waals surface area contributed by atoms with Gasteiger partial charge in [-0.1, -0.05) is 30.7 Å². The van der Waals surface area contributed by atoms with Gasteiger partial charge < -0.3 is 10.2 Å². The maximum Gasteiger partial charge on any atom is 0.0509 e. The molecule has 0 atom stereocenters. The molecule has 0 aliphatic carbocycles. The Kier molecular flexibility index (Phi) is 4.14. The van der Waals surface area contributed by atoms with E-state index in [1.54, 1.807) is 0 Å². The van der Waals surface area contributed by atoms with Gasteiger partial charge in [0.05, 0.1) is 13.2 Å². The highest BCUT2D eigenvalue weighted by atomic mass is 35.5. The van der Waals surface area contributed by atoms with E-state index in [1.807, 2.05) is 32.0 Å². The van der Waals surface area contributed by atoms with Gasteiger partial charge in [-0.3, -0.25) is 0 Å². The molecule has 1 aromatic carbocycles. The Morgan fingerprint density at radius 3 is 2.33 bits per heavy atom. The van der Waals surface area contributed by atoms with Crippen molar-refractivity contribution in [2.24, 2.45) is 5.41 Å². The number of hydrogen-bond donors (Lipinski definition) is 2. The summed E-state index contributed by atoms with van der Waals surface area (Å²) in [6.07, 6.45) is 0.582. The highest BCUT2D eigenvalue weighted by Gasteiger charge is 2.23. The fraction of sp³-hybridized carbons (Fsp3) is 0.500. The summed E-state index contributed by atoms with van der Waals surface area (Å²) in [4.78, 5) is 0. The first-order valence-electron chi connectivity index (χ1n) is 4.97. The standard InChI is InChI=1S/C12H17ClO2/c1-9-3-4-10(11(13)5-9)6-12(2,7-14)8-15/h3-5,14-15H,6-8H2,1-2H3. The highest BCUT2D eigenvalue weighted by molar-refractivity contribution is 6.31. The van der Waals surface area contributed by atoms with E-state index in [0.717, 1.165) is 11.1 Å². The third kappa shape index (κ3) is 3.20. The van der Waals surface area contributed by atoms with Crippen molar-refractivity contribution in [3.8, 4) is 0 Å².